The van der Waals surface area contributed by atoms with Crippen molar-refractivity contribution in [2.24, 2.45) is 11.3 Å². The van der Waals surface area contributed by atoms with Crippen LogP contribution in [0, 0.1) is 23.0 Å². The second-order valence-electron chi connectivity index (χ2n) is 10.2. The molecule has 3 saturated heterocycles. The van der Waals surface area contributed by atoms with E-state index in [1.165, 1.54) is 7.11 Å². The zero-order valence-electron chi connectivity index (χ0n) is 19.7. The number of alkyl carbamates (subject to hydrolysis) is 1. The van der Waals surface area contributed by atoms with Crippen LogP contribution < -0.4 is 14.8 Å². The summed E-state index contributed by atoms with van der Waals surface area (Å²) in [7, 11) is 1.29. The van der Waals surface area contributed by atoms with E-state index < -0.39 is 17.7 Å². The van der Waals surface area contributed by atoms with E-state index in [0.29, 0.717) is 23.8 Å². The highest BCUT2D eigenvalue weighted by Crippen LogP contribution is 2.44. The van der Waals surface area contributed by atoms with Crippen LogP contribution in [0.25, 0.3) is 11.1 Å². The fourth-order valence-electron chi connectivity index (χ4n) is 5.35. The van der Waals surface area contributed by atoms with E-state index in [4.69, 9.17) is 14.2 Å². The number of piperidine rings is 3. The molecule has 6 nitrogen and oxygen atoms in total. The van der Waals surface area contributed by atoms with Gasteiger partial charge in [0.25, 0.3) is 0 Å². The third-order valence-corrected chi connectivity index (χ3v) is 7.37. The minimum absolute atomic E-state index is 0.0831. The van der Waals surface area contributed by atoms with E-state index in [9.17, 15) is 13.6 Å². The molecular weight excluding hydrogens is 442 g/mol. The Morgan fingerprint density at radius 3 is 2.59 bits per heavy atom. The Labute approximate surface area is 198 Å². The highest BCUT2D eigenvalue weighted by molar-refractivity contribution is 5.71. The molecule has 34 heavy (non-hydrogen) atoms. The molecular formula is C26H30F2N2O4. The first-order valence-corrected chi connectivity index (χ1v) is 11.7. The van der Waals surface area contributed by atoms with Crippen molar-refractivity contribution in [2.45, 2.75) is 38.8 Å². The molecule has 2 atom stereocenters. The number of hydrogen-bond donors (Lipinski definition) is 1. The fourth-order valence-corrected chi connectivity index (χ4v) is 5.35. The van der Waals surface area contributed by atoms with Crippen molar-refractivity contribution >= 4 is 6.09 Å². The Balaban J connectivity index is 1.38. The molecule has 0 spiro atoms. The zero-order chi connectivity index (χ0) is 24.0. The second kappa shape index (κ2) is 8.73. The van der Waals surface area contributed by atoms with Gasteiger partial charge in [0.2, 0.25) is 0 Å². The van der Waals surface area contributed by atoms with Gasteiger partial charge in [0.1, 0.15) is 17.7 Å². The molecule has 4 heterocycles. The number of nitrogens with one attached hydrogen (secondary N) is 1. The van der Waals surface area contributed by atoms with Crippen molar-refractivity contribution in [3.05, 3.63) is 47.5 Å². The topological polar surface area (TPSA) is 60.0 Å². The Morgan fingerprint density at radius 1 is 1.15 bits per heavy atom. The van der Waals surface area contributed by atoms with Crippen molar-refractivity contribution in [3.63, 3.8) is 0 Å². The SMILES string of the molecule is COc1cc(F)c(-c2ccc3c(c2)OCC(C)(C)C3NC(=O)O[C@@H]2CN3CCC2CC3)cc1F. The van der Waals surface area contributed by atoms with Gasteiger partial charge in [0, 0.05) is 29.2 Å². The number of amides is 1. The maximum atomic E-state index is 14.6. The van der Waals surface area contributed by atoms with E-state index in [0.717, 1.165) is 50.2 Å². The highest BCUT2D eigenvalue weighted by atomic mass is 19.1. The maximum absolute atomic E-state index is 14.6. The summed E-state index contributed by atoms with van der Waals surface area (Å²) in [4.78, 5) is 15.2. The van der Waals surface area contributed by atoms with Crippen LogP contribution in [-0.2, 0) is 4.74 Å². The van der Waals surface area contributed by atoms with Crippen LogP contribution in [0.3, 0.4) is 0 Å². The Morgan fingerprint density at radius 2 is 1.91 bits per heavy atom. The van der Waals surface area contributed by atoms with Crippen molar-refractivity contribution in [3.8, 4) is 22.6 Å². The van der Waals surface area contributed by atoms with Gasteiger partial charge < -0.3 is 19.5 Å². The van der Waals surface area contributed by atoms with E-state index in [2.05, 4.69) is 10.2 Å². The number of rotatable bonds is 4. The summed E-state index contributed by atoms with van der Waals surface area (Å²) in [6, 6.07) is 6.99. The van der Waals surface area contributed by atoms with Crippen LogP contribution in [0.2, 0.25) is 0 Å². The smallest absolute Gasteiger partial charge is 0.407 e. The van der Waals surface area contributed by atoms with Crippen LogP contribution in [0.1, 0.15) is 38.3 Å². The minimum atomic E-state index is -0.645. The summed E-state index contributed by atoms with van der Waals surface area (Å²) in [6.07, 6.45) is 1.61. The lowest BCUT2D eigenvalue weighted by Crippen LogP contribution is -2.53. The number of carbonyl (C=O) groups excluding carboxylic acids is 1. The lowest BCUT2D eigenvalue weighted by atomic mass is 9.78. The molecule has 4 aliphatic rings. The van der Waals surface area contributed by atoms with Crippen molar-refractivity contribution in [1.29, 1.82) is 0 Å². The first-order valence-electron chi connectivity index (χ1n) is 11.7. The molecule has 1 unspecified atom stereocenters. The molecule has 2 bridgehead atoms. The predicted octanol–water partition coefficient (Wildman–Crippen LogP) is 4.92. The first kappa shape index (κ1) is 22.9. The molecule has 2 aromatic rings. The van der Waals surface area contributed by atoms with Crippen LogP contribution in [0.5, 0.6) is 11.5 Å². The van der Waals surface area contributed by atoms with E-state index >= 15 is 0 Å². The highest BCUT2D eigenvalue weighted by Gasteiger charge is 2.41. The lowest BCUT2D eigenvalue weighted by molar-refractivity contribution is -0.0361. The van der Waals surface area contributed by atoms with E-state index in [-0.39, 0.29) is 28.9 Å². The van der Waals surface area contributed by atoms with Crippen molar-refractivity contribution in [1.82, 2.24) is 10.2 Å². The van der Waals surface area contributed by atoms with Crippen LogP contribution in [0.4, 0.5) is 13.6 Å². The van der Waals surface area contributed by atoms with Gasteiger partial charge in [-0.05, 0) is 49.5 Å². The molecule has 0 aromatic heterocycles. The van der Waals surface area contributed by atoms with Crippen LogP contribution in [0.15, 0.2) is 30.3 Å². The molecule has 3 fully saturated rings. The average Bonchev–Trinajstić information content (AvgIpc) is 2.82. The molecule has 1 N–H and O–H groups in total. The number of carbonyl (C=O) groups is 1. The van der Waals surface area contributed by atoms with Crippen molar-refractivity contribution in [2.75, 3.05) is 33.4 Å². The summed E-state index contributed by atoms with van der Waals surface area (Å²) >= 11 is 0. The molecule has 0 radical (unpaired) electrons. The van der Waals surface area contributed by atoms with Crippen LogP contribution in [-0.4, -0.2) is 50.4 Å². The van der Waals surface area contributed by atoms with Gasteiger partial charge in [0.05, 0.1) is 19.8 Å². The largest absolute Gasteiger partial charge is 0.494 e. The average molecular weight is 473 g/mol. The number of hydrogen-bond acceptors (Lipinski definition) is 5. The Kier molecular flexibility index (Phi) is 5.88. The third kappa shape index (κ3) is 4.19. The number of methoxy groups -OCH3 is 1. The number of halogens is 2. The number of ether oxygens (including phenoxy) is 3. The molecule has 8 heteroatoms. The summed E-state index contributed by atoms with van der Waals surface area (Å²) in [6.45, 7) is 7.33. The Bertz CT molecular complexity index is 1100. The predicted molar refractivity (Wildman–Crippen MR) is 123 cm³/mol. The quantitative estimate of drug-likeness (QED) is 0.685. The van der Waals surface area contributed by atoms with Gasteiger partial charge in [0.15, 0.2) is 11.6 Å². The monoisotopic (exact) mass is 472 g/mol. The minimum Gasteiger partial charge on any atom is -0.494 e. The molecule has 182 valence electrons. The molecule has 1 amide bonds. The zero-order valence-corrected chi connectivity index (χ0v) is 19.7. The van der Waals surface area contributed by atoms with Gasteiger partial charge in [-0.3, -0.25) is 4.90 Å². The second-order valence-corrected chi connectivity index (χ2v) is 10.2. The van der Waals surface area contributed by atoms with E-state index in [1.807, 2.05) is 13.8 Å². The van der Waals surface area contributed by atoms with Gasteiger partial charge in [-0.1, -0.05) is 26.0 Å². The summed E-state index contributed by atoms with van der Waals surface area (Å²) in [5.74, 6) is -0.435. The summed E-state index contributed by atoms with van der Waals surface area (Å²) in [5.41, 5.74) is 0.979. The number of nitrogens with zero attached hydrogens (tertiary/aromatic N) is 1. The molecule has 0 saturated carbocycles. The molecule has 0 aliphatic carbocycles. The van der Waals surface area contributed by atoms with Gasteiger partial charge in [-0.15, -0.1) is 0 Å². The summed E-state index contributed by atoms with van der Waals surface area (Å²) < 4.78 is 45.5. The molecule has 6 rings (SSSR count). The lowest BCUT2D eigenvalue weighted by Gasteiger charge is -2.44. The number of benzene rings is 2. The summed E-state index contributed by atoms with van der Waals surface area (Å²) in [5, 5.41) is 3.06. The third-order valence-electron chi connectivity index (χ3n) is 7.37. The number of fused-ring (bicyclic) bond motifs is 4. The van der Waals surface area contributed by atoms with Gasteiger partial charge in [-0.25, -0.2) is 13.6 Å². The normalized spacial score (nSPS) is 26.9. The van der Waals surface area contributed by atoms with Gasteiger partial charge in [-0.2, -0.15) is 0 Å². The van der Waals surface area contributed by atoms with Crippen molar-refractivity contribution < 1.29 is 27.8 Å². The van der Waals surface area contributed by atoms with Gasteiger partial charge >= 0.3 is 6.09 Å². The standard InChI is InChI=1S/C26H30F2N2O4/c1-26(2)14-33-21-10-16(18-11-20(28)22(32-3)12-19(18)27)4-5-17(21)24(26)29-25(31)34-23-13-30-8-6-15(23)7-9-30/h4-5,10-12,15,23-24H,6-9,13-14H2,1-3H3,(H,29,31)/t23-,24?/m1/s1. The fraction of sp³-hybridized carbons (Fsp3) is 0.500. The first-order chi connectivity index (χ1) is 16.2. The van der Waals surface area contributed by atoms with E-state index in [1.54, 1.807) is 18.2 Å². The van der Waals surface area contributed by atoms with Crippen LogP contribution >= 0.6 is 0 Å². The maximum Gasteiger partial charge on any atom is 0.407 e. The molecule has 2 aromatic carbocycles. The Hall–Kier alpha value is -2.87. The molecule has 4 aliphatic heterocycles.